The Morgan fingerprint density at radius 1 is 0.907 bits per heavy atom. The average molecular weight is 761 g/mol. The van der Waals surface area contributed by atoms with Crippen LogP contribution in [0.3, 0.4) is 0 Å². The van der Waals surface area contributed by atoms with Gasteiger partial charge in [0.05, 0.1) is 5.76 Å². The number of allylic oxidation sites excluding steroid dienone is 2. The maximum Gasteiger partial charge on any atom is 0.155 e. The molecule has 0 atom stereocenters. The first-order chi connectivity index (χ1) is 20.2. The van der Waals surface area contributed by atoms with Gasteiger partial charge >= 0.3 is 0 Å². The van der Waals surface area contributed by atoms with Crippen molar-refractivity contribution in [2.24, 2.45) is 0 Å². The van der Waals surface area contributed by atoms with Crippen LogP contribution in [-0.4, -0.2) is 15.9 Å². The molecule has 43 heavy (non-hydrogen) atoms. The Hall–Kier alpha value is -3.89. The minimum atomic E-state index is -0.125. The molecule has 2 aromatic heterocycles. The number of rotatable bonds is 5. The van der Waals surface area contributed by atoms with E-state index in [0.29, 0.717) is 5.92 Å². The summed E-state index contributed by atoms with van der Waals surface area (Å²) in [6.07, 6.45) is 3.09. The Morgan fingerprint density at radius 3 is 2.14 bits per heavy atom. The molecule has 3 nitrogen and oxygen atoms in total. The molecule has 2 heterocycles. The summed E-state index contributed by atoms with van der Waals surface area (Å²) >= 11 is 1.86. The quantitative estimate of drug-likeness (QED) is 0.108. The van der Waals surface area contributed by atoms with Crippen molar-refractivity contribution >= 4 is 38.0 Å². The van der Waals surface area contributed by atoms with Crippen molar-refractivity contribution in [3.05, 3.63) is 126 Å². The summed E-state index contributed by atoms with van der Waals surface area (Å²) in [6.45, 7) is 9.55. The summed E-state index contributed by atoms with van der Waals surface area (Å²) in [4.78, 5) is 16.2. The molecule has 0 saturated heterocycles. The third-order valence-electron chi connectivity index (χ3n) is 7.18. The topological polar surface area (TPSA) is 50.2 Å². The molecule has 0 aliphatic rings. The van der Waals surface area contributed by atoms with Crippen molar-refractivity contribution in [1.29, 1.82) is 0 Å². The molecule has 1 radical (unpaired) electrons. The fourth-order valence-corrected chi connectivity index (χ4v) is 6.42. The molecule has 0 saturated carbocycles. The van der Waals surface area contributed by atoms with Crippen LogP contribution in [0.4, 0.5) is 0 Å². The number of hydrogen-bond acceptors (Lipinski definition) is 4. The average Bonchev–Trinajstić information content (AvgIpc) is 3.32. The number of aromatic nitrogens is 1. The normalized spacial score (nSPS) is 11.3. The van der Waals surface area contributed by atoms with Crippen LogP contribution in [0.25, 0.3) is 53.7 Å². The maximum absolute atomic E-state index is 10.0. The molecule has 0 aliphatic heterocycles. The second-order valence-electron chi connectivity index (χ2n) is 10.8. The van der Waals surface area contributed by atoms with Crippen LogP contribution in [0.1, 0.15) is 44.7 Å². The predicted molar refractivity (Wildman–Crippen MR) is 178 cm³/mol. The van der Waals surface area contributed by atoms with Crippen molar-refractivity contribution in [1.82, 2.24) is 4.98 Å². The number of fused-ring (bicyclic) bond motifs is 2. The largest absolute Gasteiger partial charge is 0.512 e. The third kappa shape index (κ3) is 7.19. The molecule has 0 amide bonds. The van der Waals surface area contributed by atoms with Gasteiger partial charge in [0.1, 0.15) is 0 Å². The maximum atomic E-state index is 10.0. The van der Waals surface area contributed by atoms with Gasteiger partial charge in [0.25, 0.3) is 0 Å². The van der Waals surface area contributed by atoms with Crippen LogP contribution in [0.5, 0.6) is 0 Å². The molecular weight excluding hydrogens is 727 g/mol. The van der Waals surface area contributed by atoms with E-state index in [9.17, 15) is 4.79 Å². The van der Waals surface area contributed by atoms with Gasteiger partial charge in [-0.25, -0.2) is 0 Å². The second-order valence-corrected chi connectivity index (χ2v) is 11.8. The molecule has 0 fully saturated rings. The zero-order valence-electron chi connectivity index (χ0n) is 24.9. The van der Waals surface area contributed by atoms with E-state index in [4.69, 9.17) is 10.1 Å². The number of aliphatic hydroxyl groups is 1. The minimum Gasteiger partial charge on any atom is -0.512 e. The zero-order chi connectivity index (χ0) is 29.8. The van der Waals surface area contributed by atoms with Crippen LogP contribution in [0.15, 0.2) is 109 Å². The first kappa shape index (κ1) is 32.0. The monoisotopic (exact) mass is 761 g/mol. The van der Waals surface area contributed by atoms with E-state index in [-0.39, 0.29) is 31.6 Å². The van der Waals surface area contributed by atoms with Crippen molar-refractivity contribution < 1.29 is 30.0 Å². The molecule has 0 unspecified atom stereocenters. The fraction of sp³-hybridized carbons (Fsp3) is 0.158. The number of aryl methyl sites for hydroxylation is 1. The Balaban J connectivity index is 0.000000475. The molecule has 0 spiro atoms. The van der Waals surface area contributed by atoms with Gasteiger partial charge in [0.2, 0.25) is 0 Å². The number of aliphatic hydroxyl groups excluding tert-OH is 1. The van der Waals surface area contributed by atoms with Crippen LogP contribution >= 0.6 is 11.3 Å². The Labute approximate surface area is 271 Å². The van der Waals surface area contributed by atoms with E-state index in [2.05, 4.69) is 118 Å². The van der Waals surface area contributed by atoms with Gasteiger partial charge in [-0.2, -0.15) is 11.3 Å². The van der Waals surface area contributed by atoms with Crippen LogP contribution in [0.2, 0.25) is 0 Å². The summed E-state index contributed by atoms with van der Waals surface area (Å²) in [5.41, 5.74) is 8.36. The van der Waals surface area contributed by atoms with Gasteiger partial charge in [-0.15, -0.1) is 17.5 Å². The SMILES string of the molecule is CC(=O)/C=C(/C)O.Cc1c(-c2ccccc2)sc2c(-c3ccccc3)cc(-c3nccc4ccc(C(C)C)cc34)[c-]c12.[Ir]. The van der Waals surface area contributed by atoms with Crippen LogP contribution in [0, 0.1) is 13.0 Å². The first-order valence-electron chi connectivity index (χ1n) is 14.1. The van der Waals surface area contributed by atoms with E-state index in [1.165, 1.54) is 73.5 Å². The summed E-state index contributed by atoms with van der Waals surface area (Å²) in [5.74, 6) is 0.402. The van der Waals surface area contributed by atoms with Crippen molar-refractivity contribution in [2.45, 2.75) is 40.5 Å². The Bertz CT molecular complexity index is 1900. The number of nitrogens with zero attached hydrogens (tertiary/aromatic N) is 1. The molecular formula is C38H34IrNO2S-. The van der Waals surface area contributed by atoms with Crippen molar-refractivity contribution in [3.8, 4) is 32.8 Å². The molecule has 6 rings (SSSR count). The summed E-state index contributed by atoms with van der Waals surface area (Å²) < 4.78 is 1.28. The van der Waals surface area contributed by atoms with Gasteiger partial charge < -0.3 is 5.11 Å². The predicted octanol–water partition coefficient (Wildman–Crippen LogP) is 10.7. The third-order valence-corrected chi connectivity index (χ3v) is 8.56. The number of carbonyl (C=O) groups is 1. The number of ketones is 1. The summed E-state index contributed by atoms with van der Waals surface area (Å²) in [5, 5.41) is 11.9. The van der Waals surface area contributed by atoms with Gasteiger partial charge in [0, 0.05) is 38.1 Å². The van der Waals surface area contributed by atoms with E-state index in [1.54, 1.807) is 0 Å². The first-order valence-corrected chi connectivity index (χ1v) is 14.9. The molecule has 219 valence electrons. The molecule has 0 aliphatic carbocycles. The van der Waals surface area contributed by atoms with Crippen molar-refractivity contribution in [3.63, 3.8) is 0 Å². The second kappa shape index (κ2) is 14.1. The Morgan fingerprint density at radius 2 is 1.56 bits per heavy atom. The number of carbonyl (C=O) groups excluding carboxylic acids is 1. The molecule has 1 N–H and O–H groups in total. The van der Waals surface area contributed by atoms with E-state index < -0.39 is 0 Å². The van der Waals surface area contributed by atoms with Crippen molar-refractivity contribution in [2.75, 3.05) is 0 Å². The Kier molecular flexibility index (Phi) is 10.5. The molecule has 0 bridgehead atoms. The van der Waals surface area contributed by atoms with Gasteiger partial charge in [-0.3, -0.25) is 9.78 Å². The number of benzene rings is 4. The number of pyridine rings is 1. The van der Waals surface area contributed by atoms with E-state index >= 15 is 0 Å². The van der Waals surface area contributed by atoms with E-state index in [0.717, 1.165) is 11.3 Å². The van der Waals surface area contributed by atoms with Crippen LogP contribution < -0.4 is 0 Å². The smallest absolute Gasteiger partial charge is 0.155 e. The zero-order valence-corrected chi connectivity index (χ0v) is 28.1. The fourth-order valence-electron chi connectivity index (χ4n) is 5.11. The molecule has 5 heteroatoms. The minimum absolute atomic E-state index is 0. The molecule has 4 aromatic carbocycles. The summed E-state index contributed by atoms with van der Waals surface area (Å²) in [7, 11) is 0. The molecule has 6 aromatic rings. The van der Waals surface area contributed by atoms with Crippen LogP contribution in [-0.2, 0) is 24.9 Å². The van der Waals surface area contributed by atoms with Gasteiger partial charge in [-0.05, 0) is 62.9 Å². The number of hydrogen-bond donors (Lipinski definition) is 1. The number of thiophene rings is 1. The van der Waals surface area contributed by atoms with Gasteiger partial charge in [0.15, 0.2) is 5.78 Å². The van der Waals surface area contributed by atoms with Gasteiger partial charge in [-0.1, -0.05) is 116 Å². The standard InChI is InChI=1S/C33H26NS.C5H8O2.Ir/c1-21(2)26-15-14-24-16-17-34-31(29(24)18-26)27-19-28-22(3)32(25-12-8-5-9-13-25)35-33(28)30(20-27)23-10-6-4-7-11-23;1-4(6)3-5(2)7;/h4-18,20-21H,1-3H3;3,6H,1-2H3;/q-1;;/b;4-3-;. The van der Waals surface area contributed by atoms with E-state index in [1.807, 2.05) is 17.5 Å². The summed E-state index contributed by atoms with van der Waals surface area (Å²) in [6, 6.07) is 36.3.